The molecule has 2 heterocycles. The van der Waals surface area contributed by atoms with Gasteiger partial charge in [-0.3, -0.25) is 4.79 Å². The molecule has 7 nitrogen and oxygen atoms in total. The van der Waals surface area contributed by atoms with Gasteiger partial charge in [-0.25, -0.2) is 4.79 Å². The first kappa shape index (κ1) is 18.8. The summed E-state index contributed by atoms with van der Waals surface area (Å²) in [6.45, 7) is 2.99. The standard InChI is InChI=1S/C20H23NO6/c1-4-17-16(20(23)24)9-18(27-17)19(22)21-10-13(11-21)5-12-6-14(25-2)8-15(7-12)26-3/h6-9,13H,4-5,10-11H2,1-3H3,(H,23,24). The third-order valence-corrected chi connectivity index (χ3v) is 4.75. The number of carbonyl (C=O) groups excluding carboxylic acids is 1. The van der Waals surface area contributed by atoms with Crippen LogP contribution in [0.2, 0.25) is 0 Å². The number of carbonyl (C=O) groups is 2. The predicted octanol–water partition coefficient (Wildman–Crippen LogP) is 2.87. The second-order valence-corrected chi connectivity index (χ2v) is 6.61. The van der Waals surface area contributed by atoms with Gasteiger partial charge >= 0.3 is 5.97 Å². The third kappa shape index (κ3) is 3.92. The number of likely N-dealkylation sites (tertiary alicyclic amines) is 1. The van der Waals surface area contributed by atoms with Crippen molar-refractivity contribution in [2.75, 3.05) is 27.3 Å². The van der Waals surface area contributed by atoms with Gasteiger partial charge in [0.1, 0.15) is 22.8 Å². The van der Waals surface area contributed by atoms with Crippen molar-refractivity contribution in [1.29, 1.82) is 0 Å². The fourth-order valence-electron chi connectivity index (χ4n) is 3.32. The van der Waals surface area contributed by atoms with Crippen LogP contribution in [0.5, 0.6) is 11.5 Å². The van der Waals surface area contributed by atoms with Crippen molar-refractivity contribution in [3.63, 3.8) is 0 Å². The van der Waals surface area contributed by atoms with Gasteiger partial charge in [-0.05, 0) is 30.0 Å². The van der Waals surface area contributed by atoms with Gasteiger partial charge in [-0.15, -0.1) is 0 Å². The van der Waals surface area contributed by atoms with Gasteiger partial charge in [-0.1, -0.05) is 6.92 Å². The molecule has 0 unspecified atom stereocenters. The van der Waals surface area contributed by atoms with Gasteiger partial charge in [0.2, 0.25) is 0 Å². The largest absolute Gasteiger partial charge is 0.497 e. The number of ether oxygens (including phenoxy) is 2. The minimum atomic E-state index is -1.08. The molecule has 1 aliphatic heterocycles. The summed E-state index contributed by atoms with van der Waals surface area (Å²) in [5.74, 6) is 0.864. The maximum atomic E-state index is 12.5. The molecular formula is C20H23NO6. The van der Waals surface area contributed by atoms with Crippen LogP contribution in [-0.4, -0.2) is 49.2 Å². The van der Waals surface area contributed by atoms with Crippen LogP contribution >= 0.6 is 0 Å². The average Bonchev–Trinajstić information content (AvgIpc) is 3.08. The minimum Gasteiger partial charge on any atom is -0.497 e. The number of benzene rings is 1. The van der Waals surface area contributed by atoms with E-state index >= 15 is 0 Å². The van der Waals surface area contributed by atoms with Crippen molar-refractivity contribution < 1.29 is 28.6 Å². The third-order valence-electron chi connectivity index (χ3n) is 4.75. The minimum absolute atomic E-state index is 0.0569. The Bertz CT molecular complexity index is 828. The Morgan fingerprint density at radius 1 is 1.15 bits per heavy atom. The van der Waals surface area contributed by atoms with E-state index in [1.807, 2.05) is 18.2 Å². The first-order chi connectivity index (χ1) is 12.9. The van der Waals surface area contributed by atoms with Crippen molar-refractivity contribution >= 4 is 11.9 Å². The number of hydrogen-bond donors (Lipinski definition) is 1. The molecule has 144 valence electrons. The topological polar surface area (TPSA) is 89.2 Å². The number of furan rings is 1. The van der Waals surface area contributed by atoms with Crippen LogP contribution in [0.25, 0.3) is 0 Å². The molecule has 1 aliphatic rings. The molecule has 1 aromatic heterocycles. The molecule has 1 amide bonds. The van der Waals surface area contributed by atoms with E-state index in [0.717, 1.165) is 23.5 Å². The number of aryl methyl sites for hydroxylation is 1. The van der Waals surface area contributed by atoms with Crippen molar-refractivity contribution in [3.05, 3.63) is 46.9 Å². The predicted molar refractivity (Wildman–Crippen MR) is 97.7 cm³/mol. The molecule has 0 atom stereocenters. The summed E-state index contributed by atoms with van der Waals surface area (Å²) in [7, 11) is 3.23. The van der Waals surface area contributed by atoms with E-state index < -0.39 is 5.97 Å². The summed E-state index contributed by atoms with van der Waals surface area (Å²) >= 11 is 0. The van der Waals surface area contributed by atoms with Crippen LogP contribution in [0.1, 0.15) is 39.2 Å². The Morgan fingerprint density at radius 2 is 1.78 bits per heavy atom. The summed E-state index contributed by atoms with van der Waals surface area (Å²) in [5, 5.41) is 9.19. The first-order valence-electron chi connectivity index (χ1n) is 8.82. The van der Waals surface area contributed by atoms with E-state index in [4.69, 9.17) is 13.9 Å². The Labute approximate surface area is 157 Å². The Balaban J connectivity index is 1.63. The van der Waals surface area contributed by atoms with Gasteiger partial charge in [0.25, 0.3) is 5.91 Å². The van der Waals surface area contributed by atoms with E-state index in [1.54, 1.807) is 26.0 Å². The van der Waals surface area contributed by atoms with Crippen molar-refractivity contribution in [1.82, 2.24) is 4.90 Å². The number of rotatable bonds is 7. The lowest BCUT2D eigenvalue weighted by molar-refractivity contribution is 0.0467. The fourth-order valence-corrected chi connectivity index (χ4v) is 3.32. The lowest BCUT2D eigenvalue weighted by Crippen LogP contribution is -2.50. The van der Waals surface area contributed by atoms with Crippen LogP contribution in [-0.2, 0) is 12.8 Å². The Hall–Kier alpha value is -2.96. The zero-order valence-corrected chi connectivity index (χ0v) is 15.7. The summed E-state index contributed by atoms with van der Waals surface area (Å²) < 4.78 is 16.0. The summed E-state index contributed by atoms with van der Waals surface area (Å²) in [6.07, 6.45) is 1.23. The summed E-state index contributed by atoms with van der Waals surface area (Å²) in [4.78, 5) is 25.4. The highest BCUT2D eigenvalue weighted by atomic mass is 16.5. The summed E-state index contributed by atoms with van der Waals surface area (Å²) in [5.41, 5.74) is 1.14. The molecule has 2 aromatic rings. The van der Waals surface area contributed by atoms with Gasteiger partial charge in [0.05, 0.1) is 14.2 Å². The lowest BCUT2D eigenvalue weighted by Gasteiger charge is -2.39. The van der Waals surface area contributed by atoms with Crippen LogP contribution in [0.4, 0.5) is 0 Å². The number of methoxy groups -OCH3 is 2. The highest BCUT2D eigenvalue weighted by molar-refractivity contribution is 5.96. The number of carboxylic acid groups (broad SMARTS) is 1. The van der Waals surface area contributed by atoms with Crippen molar-refractivity contribution in [3.8, 4) is 11.5 Å². The molecule has 1 N–H and O–H groups in total. The van der Waals surface area contributed by atoms with Crippen molar-refractivity contribution in [2.24, 2.45) is 5.92 Å². The van der Waals surface area contributed by atoms with E-state index in [-0.39, 0.29) is 17.2 Å². The maximum absolute atomic E-state index is 12.5. The van der Waals surface area contributed by atoms with Gasteiger partial charge in [0, 0.05) is 31.6 Å². The van der Waals surface area contributed by atoms with E-state index in [1.165, 1.54) is 6.07 Å². The zero-order valence-electron chi connectivity index (χ0n) is 15.7. The SMILES string of the molecule is CCc1oc(C(=O)N2CC(Cc3cc(OC)cc(OC)c3)C2)cc1C(=O)O. The maximum Gasteiger partial charge on any atom is 0.339 e. The zero-order chi connectivity index (χ0) is 19.6. The Kier molecular flexibility index (Phi) is 5.39. The monoisotopic (exact) mass is 373 g/mol. The molecule has 1 fully saturated rings. The first-order valence-corrected chi connectivity index (χ1v) is 8.82. The molecule has 0 aliphatic carbocycles. The molecule has 1 aromatic carbocycles. The fraction of sp³-hybridized carbons (Fsp3) is 0.400. The molecule has 0 bridgehead atoms. The second kappa shape index (κ2) is 7.73. The smallest absolute Gasteiger partial charge is 0.339 e. The number of hydrogen-bond acceptors (Lipinski definition) is 5. The number of aromatic carboxylic acids is 1. The number of amides is 1. The van der Waals surface area contributed by atoms with Gasteiger partial charge < -0.3 is 23.9 Å². The quantitative estimate of drug-likeness (QED) is 0.803. The van der Waals surface area contributed by atoms with E-state index in [2.05, 4.69) is 0 Å². The van der Waals surface area contributed by atoms with Gasteiger partial charge in [0.15, 0.2) is 5.76 Å². The molecule has 3 rings (SSSR count). The number of nitrogens with zero attached hydrogens (tertiary/aromatic N) is 1. The molecule has 0 radical (unpaired) electrons. The second-order valence-electron chi connectivity index (χ2n) is 6.61. The van der Waals surface area contributed by atoms with Crippen LogP contribution in [0.3, 0.4) is 0 Å². The summed E-state index contributed by atoms with van der Waals surface area (Å²) in [6, 6.07) is 7.07. The molecule has 1 saturated heterocycles. The molecular weight excluding hydrogens is 350 g/mol. The molecule has 7 heteroatoms. The van der Waals surface area contributed by atoms with E-state index in [9.17, 15) is 14.7 Å². The van der Waals surface area contributed by atoms with Crippen LogP contribution < -0.4 is 9.47 Å². The average molecular weight is 373 g/mol. The highest BCUT2D eigenvalue weighted by Gasteiger charge is 2.33. The lowest BCUT2D eigenvalue weighted by atomic mass is 9.91. The molecule has 27 heavy (non-hydrogen) atoms. The number of carboxylic acids is 1. The van der Waals surface area contributed by atoms with Crippen LogP contribution in [0.15, 0.2) is 28.7 Å². The normalized spacial score (nSPS) is 14.0. The highest BCUT2D eigenvalue weighted by Crippen LogP contribution is 2.28. The Morgan fingerprint density at radius 3 is 2.26 bits per heavy atom. The van der Waals surface area contributed by atoms with Gasteiger partial charge in [-0.2, -0.15) is 0 Å². The van der Waals surface area contributed by atoms with E-state index in [0.29, 0.717) is 31.2 Å². The van der Waals surface area contributed by atoms with Crippen LogP contribution in [0, 0.1) is 5.92 Å². The molecule has 0 saturated carbocycles. The van der Waals surface area contributed by atoms with Crippen molar-refractivity contribution in [2.45, 2.75) is 19.8 Å². The molecule has 0 spiro atoms.